The highest BCUT2D eigenvalue weighted by molar-refractivity contribution is 6.30. The highest BCUT2D eigenvalue weighted by Crippen LogP contribution is 2.37. The summed E-state index contributed by atoms with van der Waals surface area (Å²) in [6.07, 6.45) is 0.572. The predicted octanol–water partition coefficient (Wildman–Crippen LogP) is 1.07. The van der Waals surface area contributed by atoms with Crippen molar-refractivity contribution in [3.63, 3.8) is 0 Å². The van der Waals surface area contributed by atoms with Crippen LogP contribution < -0.4 is 0 Å². The van der Waals surface area contributed by atoms with Crippen molar-refractivity contribution in [1.82, 2.24) is 19.5 Å². The molecule has 3 N–H and O–H groups in total. The van der Waals surface area contributed by atoms with Gasteiger partial charge in [-0.1, -0.05) is 11.6 Å². The van der Waals surface area contributed by atoms with Crippen molar-refractivity contribution in [2.45, 2.75) is 31.5 Å². The van der Waals surface area contributed by atoms with Crippen LogP contribution in [-0.2, 0) is 4.74 Å². The van der Waals surface area contributed by atoms with Crippen LogP contribution >= 0.6 is 11.6 Å². The van der Waals surface area contributed by atoms with Crippen molar-refractivity contribution in [3.8, 4) is 11.3 Å². The van der Waals surface area contributed by atoms with Gasteiger partial charge >= 0.3 is 0 Å². The highest BCUT2D eigenvalue weighted by Gasteiger charge is 2.44. The average Bonchev–Trinajstić information content (AvgIpc) is 3.15. The van der Waals surface area contributed by atoms with E-state index >= 15 is 0 Å². The van der Waals surface area contributed by atoms with E-state index in [-0.39, 0.29) is 0 Å². The summed E-state index contributed by atoms with van der Waals surface area (Å²) in [6, 6.07) is 3.52. The molecule has 0 aromatic carbocycles. The number of aryl methyl sites for hydroxylation is 1. The number of aliphatic hydroxyl groups excluding tert-OH is 3. The Morgan fingerprint density at radius 3 is 2.65 bits per heavy atom. The molecular formula is C17H17ClN4O4. The lowest BCUT2D eigenvalue weighted by Crippen LogP contribution is -2.33. The number of rotatable bonds is 3. The van der Waals surface area contributed by atoms with Crippen molar-refractivity contribution >= 4 is 22.6 Å². The largest absolute Gasteiger partial charge is 0.394 e. The second-order valence-corrected chi connectivity index (χ2v) is 6.63. The molecule has 0 saturated carbocycles. The third kappa shape index (κ3) is 2.67. The summed E-state index contributed by atoms with van der Waals surface area (Å²) in [6.45, 7) is 1.46. The molecule has 26 heavy (non-hydrogen) atoms. The predicted molar refractivity (Wildman–Crippen MR) is 93.5 cm³/mol. The normalized spacial score (nSPS) is 25.9. The third-order valence-electron chi connectivity index (χ3n) is 4.59. The van der Waals surface area contributed by atoms with Gasteiger partial charge in [0.2, 0.25) is 0 Å². The van der Waals surface area contributed by atoms with Crippen LogP contribution in [0.1, 0.15) is 11.9 Å². The summed E-state index contributed by atoms with van der Waals surface area (Å²) in [5, 5.41) is 31.1. The Kier molecular flexibility index (Phi) is 4.37. The van der Waals surface area contributed by atoms with Crippen LogP contribution in [0, 0.1) is 6.92 Å². The molecule has 3 aromatic heterocycles. The van der Waals surface area contributed by atoms with Crippen LogP contribution in [0.25, 0.3) is 22.3 Å². The van der Waals surface area contributed by atoms with Gasteiger partial charge in [0.25, 0.3) is 0 Å². The van der Waals surface area contributed by atoms with E-state index in [0.717, 1.165) is 16.6 Å². The van der Waals surface area contributed by atoms with Crippen molar-refractivity contribution in [1.29, 1.82) is 0 Å². The van der Waals surface area contributed by atoms with Crippen molar-refractivity contribution in [3.05, 3.63) is 41.6 Å². The number of aromatic nitrogens is 4. The summed E-state index contributed by atoms with van der Waals surface area (Å²) in [7, 11) is 0. The van der Waals surface area contributed by atoms with E-state index in [9.17, 15) is 15.3 Å². The minimum absolute atomic E-state index is 0.395. The monoisotopic (exact) mass is 376 g/mol. The first-order chi connectivity index (χ1) is 12.5. The topological polar surface area (TPSA) is 114 Å². The SMILES string of the molecule is Cc1ncnc2c1c(-c1ccc(Cl)cn1)cn2[C@@H]1O[C@H](CO)[C@@H](O)[C@H]1O. The van der Waals surface area contributed by atoms with Gasteiger partial charge in [0.05, 0.1) is 23.0 Å². The molecule has 136 valence electrons. The number of nitrogens with zero attached hydrogens (tertiary/aromatic N) is 4. The number of pyridine rings is 1. The molecule has 4 heterocycles. The zero-order chi connectivity index (χ0) is 18.4. The lowest BCUT2D eigenvalue weighted by atomic mass is 10.1. The minimum Gasteiger partial charge on any atom is -0.394 e. The smallest absolute Gasteiger partial charge is 0.164 e. The first kappa shape index (κ1) is 17.3. The van der Waals surface area contributed by atoms with E-state index in [1.54, 1.807) is 29.1 Å². The summed E-state index contributed by atoms with van der Waals surface area (Å²) < 4.78 is 7.29. The molecule has 0 spiro atoms. The van der Waals surface area contributed by atoms with E-state index in [1.165, 1.54) is 6.33 Å². The molecule has 0 radical (unpaired) electrons. The molecule has 0 unspecified atom stereocenters. The maximum Gasteiger partial charge on any atom is 0.164 e. The van der Waals surface area contributed by atoms with E-state index < -0.39 is 31.1 Å². The second kappa shape index (κ2) is 6.57. The van der Waals surface area contributed by atoms with Gasteiger partial charge in [-0.25, -0.2) is 9.97 Å². The van der Waals surface area contributed by atoms with E-state index in [4.69, 9.17) is 16.3 Å². The Bertz CT molecular complexity index is 946. The Labute approximate surface area is 153 Å². The second-order valence-electron chi connectivity index (χ2n) is 6.20. The molecule has 0 amide bonds. The van der Waals surface area contributed by atoms with Gasteiger partial charge in [-0.05, 0) is 19.1 Å². The van der Waals surface area contributed by atoms with Gasteiger partial charge in [-0.3, -0.25) is 4.98 Å². The van der Waals surface area contributed by atoms with Crippen LogP contribution in [0.15, 0.2) is 30.9 Å². The zero-order valence-corrected chi connectivity index (χ0v) is 14.6. The Morgan fingerprint density at radius 2 is 2.00 bits per heavy atom. The van der Waals surface area contributed by atoms with Crippen LogP contribution in [0.4, 0.5) is 0 Å². The zero-order valence-electron chi connectivity index (χ0n) is 13.8. The van der Waals surface area contributed by atoms with Gasteiger partial charge in [0.15, 0.2) is 6.23 Å². The fourth-order valence-corrected chi connectivity index (χ4v) is 3.38. The Balaban J connectivity index is 1.89. The molecule has 8 nitrogen and oxygen atoms in total. The van der Waals surface area contributed by atoms with Gasteiger partial charge in [-0.15, -0.1) is 0 Å². The molecule has 1 saturated heterocycles. The summed E-state index contributed by atoms with van der Waals surface area (Å²) in [5.41, 5.74) is 2.71. The van der Waals surface area contributed by atoms with Crippen molar-refractivity contribution < 1.29 is 20.1 Å². The van der Waals surface area contributed by atoms with Crippen LogP contribution in [-0.4, -0.2) is 59.8 Å². The number of hydrogen-bond donors (Lipinski definition) is 3. The lowest BCUT2D eigenvalue weighted by Gasteiger charge is -2.17. The number of fused-ring (bicyclic) bond motifs is 1. The first-order valence-corrected chi connectivity index (χ1v) is 8.45. The summed E-state index contributed by atoms with van der Waals surface area (Å²) in [4.78, 5) is 12.9. The quantitative estimate of drug-likeness (QED) is 0.626. The maximum absolute atomic E-state index is 10.4. The molecule has 0 bridgehead atoms. The molecule has 4 rings (SSSR count). The molecule has 9 heteroatoms. The van der Waals surface area contributed by atoms with Crippen molar-refractivity contribution in [2.75, 3.05) is 6.61 Å². The number of aliphatic hydroxyl groups is 3. The minimum atomic E-state index is -1.20. The van der Waals surface area contributed by atoms with E-state index in [2.05, 4.69) is 15.0 Å². The summed E-state index contributed by atoms with van der Waals surface area (Å²) >= 11 is 5.93. The van der Waals surface area contributed by atoms with E-state index in [0.29, 0.717) is 16.4 Å². The standard InChI is InChI=1S/C17H17ClN4O4/c1-8-13-10(11-3-2-9(18)4-19-11)5-22(16(13)21-7-20-8)17-15(25)14(24)12(6-23)26-17/h2-5,7,12,14-15,17,23-25H,6H2,1H3/t12-,14-,15-,17-/m1/s1. The summed E-state index contributed by atoms with van der Waals surface area (Å²) in [5.74, 6) is 0. The fourth-order valence-electron chi connectivity index (χ4n) is 3.27. The molecule has 1 aliphatic rings. The van der Waals surface area contributed by atoms with Gasteiger partial charge < -0.3 is 24.6 Å². The van der Waals surface area contributed by atoms with Gasteiger partial charge in [0, 0.05) is 23.3 Å². The van der Waals surface area contributed by atoms with Crippen LogP contribution in [0.5, 0.6) is 0 Å². The fraction of sp³-hybridized carbons (Fsp3) is 0.353. The van der Waals surface area contributed by atoms with Crippen LogP contribution in [0.3, 0.4) is 0 Å². The Morgan fingerprint density at radius 1 is 1.19 bits per heavy atom. The van der Waals surface area contributed by atoms with E-state index in [1.807, 2.05) is 6.92 Å². The molecule has 0 aliphatic carbocycles. The highest BCUT2D eigenvalue weighted by atomic mass is 35.5. The third-order valence-corrected chi connectivity index (χ3v) is 4.82. The maximum atomic E-state index is 10.4. The first-order valence-electron chi connectivity index (χ1n) is 8.07. The van der Waals surface area contributed by atoms with Gasteiger partial charge in [-0.2, -0.15) is 0 Å². The average molecular weight is 377 g/mol. The van der Waals surface area contributed by atoms with Crippen LogP contribution in [0.2, 0.25) is 5.02 Å². The molecule has 3 aromatic rings. The number of ether oxygens (including phenoxy) is 1. The number of hydrogen-bond acceptors (Lipinski definition) is 7. The molecule has 4 atom stereocenters. The molecule has 1 fully saturated rings. The molecule has 1 aliphatic heterocycles. The van der Waals surface area contributed by atoms with Gasteiger partial charge in [0.1, 0.15) is 30.3 Å². The lowest BCUT2D eigenvalue weighted by molar-refractivity contribution is -0.0508. The number of halogens is 1. The Hall–Kier alpha value is -2.10. The molecular weight excluding hydrogens is 360 g/mol. The van der Waals surface area contributed by atoms with Crippen molar-refractivity contribution in [2.24, 2.45) is 0 Å².